The average molecular weight is 223 g/mol. The van der Waals surface area contributed by atoms with Crippen LogP contribution in [0.1, 0.15) is 25.8 Å². The van der Waals surface area contributed by atoms with Crippen molar-refractivity contribution < 1.29 is 14.7 Å². The van der Waals surface area contributed by atoms with Gasteiger partial charge in [0.1, 0.15) is 0 Å². The molecule has 1 aromatic carbocycles. The summed E-state index contributed by atoms with van der Waals surface area (Å²) >= 11 is 0. The fraction of sp³-hybridized carbons (Fsp3) is 0.417. The maximum Gasteiger partial charge on any atom is 0.246 e. The average Bonchev–Trinajstić information content (AvgIpc) is 2.16. The molecule has 0 saturated carbocycles. The molecule has 88 valence electrons. The molecule has 16 heavy (non-hydrogen) atoms. The van der Waals surface area contributed by atoms with E-state index in [0.717, 1.165) is 5.56 Å². The number of nitrogens with one attached hydrogen (secondary N) is 1. The largest absolute Gasteiger partial charge is 0.390 e. The predicted molar refractivity (Wildman–Crippen MR) is 60.3 cm³/mol. The third kappa shape index (κ3) is 5.48. The molecule has 0 aliphatic heterocycles. The number of carbonyl (C=O) groups excluding carboxylic acids is 1. The lowest BCUT2D eigenvalue weighted by Crippen LogP contribution is -2.32. The van der Waals surface area contributed by atoms with E-state index < -0.39 is 5.60 Å². The van der Waals surface area contributed by atoms with Gasteiger partial charge in [0.25, 0.3) is 0 Å². The summed E-state index contributed by atoms with van der Waals surface area (Å²) in [5.41, 5.74) is 2.25. The first-order chi connectivity index (χ1) is 7.47. The van der Waals surface area contributed by atoms with E-state index in [4.69, 9.17) is 4.84 Å². The standard InChI is InChI=1S/C12H17NO3/c1-12(2,15)8-11(14)13-16-9-10-6-4-3-5-7-10/h3-7,15H,8-9H2,1-2H3,(H,13,14). The molecule has 0 aliphatic rings. The van der Waals surface area contributed by atoms with Gasteiger partial charge in [0.2, 0.25) is 5.91 Å². The molecule has 4 nitrogen and oxygen atoms in total. The highest BCUT2D eigenvalue weighted by molar-refractivity contribution is 5.75. The van der Waals surface area contributed by atoms with Crippen molar-refractivity contribution >= 4 is 5.91 Å². The van der Waals surface area contributed by atoms with Gasteiger partial charge in [-0.2, -0.15) is 0 Å². The first-order valence-corrected chi connectivity index (χ1v) is 5.14. The second-order valence-electron chi connectivity index (χ2n) is 4.29. The van der Waals surface area contributed by atoms with Gasteiger partial charge in [-0.15, -0.1) is 0 Å². The van der Waals surface area contributed by atoms with Crippen LogP contribution >= 0.6 is 0 Å². The molecular formula is C12H17NO3. The Balaban J connectivity index is 2.24. The number of hydrogen-bond donors (Lipinski definition) is 2. The Labute approximate surface area is 95.2 Å². The maximum atomic E-state index is 11.3. The Bertz CT molecular complexity index is 330. The van der Waals surface area contributed by atoms with Gasteiger partial charge in [0, 0.05) is 0 Å². The van der Waals surface area contributed by atoms with E-state index in [1.807, 2.05) is 30.3 Å². The van der Waals surface area contributed by atoms with E-state index in [0.29, 0.717) is 6.61 Å². The minimum atomic E-state index is -1.01. The van der Waals surface area contributed by atoms with Crippen molar-refractivity contribution in [2.75, 3.05) is 0 Å². The number of benzene rings is 1. The molecule has 0 aromatic heterocycles. The first-order valence-electron chi connectivity index (χ1n) is 5.14. The van der Waals surface area contributed by atoms with Crippen LogP contribution in [0.25, 0.3) is 0 Å². The molecule has 0 saturated heterocycles. The molecule has 1 amide bonds. The second kappa shape index (κ2) is 5.63. The molecule has 0 atom stereocenters. The summed E-state index contributed by atoms with van der Waals surface area (Å²) in [6.45, 7) is 3.46. The monoisotopic (exact) mass is 223 g/mol. The number of hydrogen-bond acceptors (Lipinski definition) is 3. The lowest BCUT2D eigenvalue weighted by molar-refractivity contribution is -0.138. The molecule has 0 bridgehead atoms. The van der Waals surface area contributed by atoms with Crippen LogP contribution in [0.2, 0.25) is 0 Å². The molecule has 0 radical (unpaired) electrons. The summed E-state index contributed by atoms with van der Waals surface area (Å²) in [5, 5.41) is 9.39. The first kappa shape index (κ1) is 12.7. The third-order valence-corrected chi connectivity index (χ3v) is 1.86. The predicted octanol–water partition coefficient (Wildman–Crippen LogP) is 1.40. The number of amides is 1. The minimum absolute atomic E-state index is 0.0157. The third-order valence-electron chi connectivity index (χ3n) is 1.86. The van der Waals surface area contributed by atoms with E-state index in [1.165, 1.54) is 0 Å². The summed E-state index contributed by atoms with van der Waals surface area (Å²) in [4.78, 5) is 16.3. The van der Waals surface area contributed by atoms with Crippen LogP contribution in [0.4, 0.5) is 0 Å². The van der Waals surface area contributed by atoms with Gasteiger partial charge in [-0.1, -0.05) is 30.3 Å². The highest BCUT2D eigenvalue weighted by Crippen LogP contribution is 2.06. The molecule has 0 aliphatic carbocycles. The van der Waals surface area contributed by atoms with Crippen molar-refractivity contribution in [3.63, 3.8) is 0 Å². The quantitative estimate of drug-likeness (QED) is 0.742. The van der Waals surface area contributed by atoms with Crippen LogP contribution < -0.4 is 5.48 Å². The number of aliphatic hydroxyl groups is 1. The van der Waals surface area contributed by atoms with Crippen LogP contribution in [-0.2, 0) is 16.2 Å². The summed E-state index contributed by atoms with van der Waals surface area (Å²) in [6, 6.07) is 9.52. The van der Waals surface area contributed by atoms with Gasteiger partial charge < -0.3 is 5.11 Å². The summed E-state index contributed by atoms with van der Waals surface area (Å²) in [7, 11) is 0. The van der Waals surface area contributed by atoms with E-state index in [1.54, 1.807) is 13.8 Å². The number of hydroxylamine groups is 1. The molecule has 0 fully saturated rings. The zero-order chi connectivity index (χ0) is 12.0. The fourth-order valence-electron chi connectivity index (χ4n) is 1.20. The van der Waals surface area contributed by atoms with Gasteiger partial charge in [-0.25, -0.2) is 5.48 Å². The Morgan fingerprint density at radius 1 is 1.38 bits per heavy atom. The van der Waals surface area contributed by atoms with E-state index >= 15 is 0 Å². The number of rotatable bonds is 5. The summed E-state index contributed by atoms with van der Waals surface area (Å²) < 4.78 is 0. The second-order valence-corrected chi connectivity index (χ2v) is 4.29. The fourth-order valence-corrected chi connectivity index (χ4v) is 1.20. The van der Waals surface area contributed by atoms with Crippen LogP contribution in [0.15, 0.2) is 30.3 Å². The zero-order valence-corrected chi connectivity index (χ0v) is 9.56. The van der Waals surface area contributed by atoms with Gasteiger partial charge in [0.15, 0.2) is 0 Å². The van der Waals surface area contributed by atoms with Crippen molar-refractivity contribution in [2.24, 2.45) is 0 Å². The minimum Gasteiger partial charge on any atom is -0.390 e. The smallest absolute Gasteiger partial charge is 0.246 e. The molecule has 0 unspecified atom stereocenters. The Morgan fingerprint density at radius 3 is 2.56 bits per heavy atom. The van der Waals surface area contributed by atoms with Crippen molar-refractivity contribution in [1.82, 2.24) is 5.48 Å². The number of carbonyl (C=O) groups is 1. The van der Waals surface area contributed by atoms with Crippen molar-refractivity contribution in [3.8, 4) is 0 Å². The van der Waals surface area contributed by atoms with Crippen LogP contribution in [0, 0.1) is 0 Å². The van der Waals surface area contributed by atoms with Crippen molar-refractivity contribution in [1.29, 1.82) is 0 Å². The molecule has 4 heteroatoms. The Hall–Kier alpha value is -1.39. The molecule has 1 aromatic rings. The van der Waals surface area contributed by atoms with Gasteiger partial charge in [-0.3, -0.25) is 9.63 Å². The van der Waals surface area contributed by atoms with Crippen LogP contribution in [0.3, 0.4) is 0 Å². The molecular weight excluding hydrogens is 206 g/mol. The molecule has 1 rings (SSSR count). The van der Waals surface area contributed by atoms with Crippen LogP contribution in [0.5, 0.6) is 0 Å². The lowest BCUT2D eigenvalue weighted by atomic mass is 10.1. The normalized spacial score (nSPS) is 11.2. The van der Waals surface area contributed by atoms with Crippen molar-refractivity contribution in [3.05, 3.63) is 35.9 Å². The SMILES string of the molecule is CC(C)(O)CC(=O)NOCc1ccccc1. The maximum absolute atomic E-state index is 11.3. The van der Waals surface area contributed by atoms with Gasteiger partial charge in [-0.05, 0) is 19.4 Å². The van der Waals surface area contributed by atoms with E-state index in [9.17, 15) is 9.90 Å². The Morgan fingerprint density at radius 2 is 2.00 bits per heavy atom. The molecule has 0 heterocycles. The van der Waals surface area contributed by atoms with Crippen LogP contribution in [-0.4, -0.2) is 16.6 Å². The highest BCUT2D eigenvalue weighted by atomic mass is 16.6. The van der Waals surface area contributed by atoms with Gasteiger partial charge >= 0.3 is 0 Å². The van der Waals surface area contributed by atoms with Gasteiger partial charge in [0.05, 0.1) is 18.6 Å². The molecule has 2 N–H and O–H groups in total. The van der Waals surface area contributed by atoms with E-state index in [2.05, 4.69) is 5.48 Å². The summed E-state index contributed by atoms with van der Waals surface area (Å²) in [5.74, 6) is -0.330. The molecule has 0 spiro atoms. The zero-order valence-electron chi connectivity index (χ0n) is 9.56. The topological polar surface area (TPSA) is 58.6 Å². The summed E-state index contributed by atoms with van der Waals surface area (Å²) in [6.07, 6.45) is 0.0157. The van der Waals surface area contributed by atoms with Crippen molar-refractivity contribution in [2.45, 2.75) is 32.5 Å². The Kier molecular flexibility index (Phi) is 4.46. The lowest BCUT2D eigenvalue weighted by Gasteiger charge is -2.15. The van der Waals surface area contributed by atoms with E-state index in [-0.39, 0.29) is 12.3 Å². The highest BCUT2D eigenvalue weighted by Gasteiger charge is 2.17.